The molecule has 0 spiro atoms. The highest BCUT2D eigenvalue weighted by Gasteiger charge is 2.13. The molecular weight excluding hydrogens is 231 g/mol. The van der Waals surface area contributed by atoms with E-state index in [1.807, 2.05) is 0 Å². The second-order valence-electron chi connectivity index (χ2n) is 3.42. The summed E-state index contributed by atoms with van der Waals surface area (Å²) in [4.78, 5) is 0. The van der Waals surface area contributed by atoms with Crippen LogP contribution in [-0.4, -0.2) is 0 Å². The fraction of sp³-hybridized carbons (Fsp3) is 0.455. The molecule has 0 aromatic heterocycles. The fourth-order valence-electron chi connectivity index (χ4n) is 1.75. The van der Waals surface area contributed by atoms with Gasteiger partial charge in [-0.05, 0) is 30.0 Å². The number of anilines is 1. The van der Waals surface area contributed by atoms with Crippen LogP contribution in [0.1, 0.15) is 31.4 Å². The highest BCUT2D eigenvalue weighted by Crippen LogP contribution is 2.34. The molecule has 1 aromatic carbocycles. The van der Waals surface area contributed by atoms with Crippen LogP contribution in [0.25, 0.3) is 0 Å². The zero-order valence-electron chi connectivity index (χ0n) is 9.03. The number of hydrogen-bond donors (Lipinski definition) is 2. The van der Waals surface area contributed by atoms with E-state index in [2.05, 4.69) is 19.3 Å². The lowest BCUT2D eigenvalue weighted by molar-refractivity contribution is 0.899. The molecule has 0 atom stereocenters. The molecule has 3 N–H and O–H groups in total. The molecule has 0 radical (unpaired) electrons. The highest BCUT2D eigenvalue weighted by molar-refractivity contribution is 6.42. The largest absolute Gasteiger partial charge is 0.324 e. The number of nitrogens with one attached hydrogen (secondary N) is 1. The molecule has 0 saturated heterocycles. The van der Waals surface area contributed by atoms with Gasteiger partial charge in [-0.1, -0.05) is 43.5 Å². The molecule has 0 heterocycles. The van der Waals surface area contributed by atoms with E-state index < -0.39 is 0 Å². The first-order valence-corrected chi connectivity index (χ1v) is 5.87. The van der Waals surface area contributed by atoms with Crippen molar-refractivity contribution in [2.24, 2.45) is 5.84 Å². The Morgan fingerprint density at radius 1 is 1.27 bits per heavy atom. The normalized spacial score (nSPS) is 10.5. The van der Waals surface area contributed by atoms with E-state index in [1.54, 1.807) is 6.07 Å². The molecule has 15 heavy (non-hydrogen) atoms. The second kappa shape index (κ2) is 5.59. The summed E-state index contributed by atoms with van der Waals surface area (Å²) in [5.74, 6) is 5.47. The number of hydrogen-bond acceptors (Lipinski definition) is 2. The van der Waals surface area contributed by atoms with Crippen LogP contribution in [0.2, 0.25) is 10.0 Å². The first-order chi connectivity index (χ1) is 7.15. The van der Waals surface area contributed by atoms with Gasteiger partial charge in [0, 0.05) is 0 Å². The Balaban J connectivity index is 3.35. The van der Waals surface area contributed by atoms with Crippen molar-refractivity contribution in [2.75, 3.05) is 5.43 Å². The minimum absolute atomic E-state index is 0.557. The molecule has 84 valence electrons. The van der Waals surface area contributed by atoms with Gasteiger partial charge in [-0.25, -0.2) is 0 Å². The van der Waals surface area contributed by atoms with Crippen LogP contribution in [0.15, 0.2) is 6.07 Å². The predicted octanol–water partition coefficient (Wildman–Crippen LogP) is 3.79. The molecule has 0 aliphatic carbocycles. The van der Waals surface area contributed by atoms with Crippen LogP contribution >= 0.6 is 23.2 Å². The molecule has 0 fully saturated rings. The Hall–Kier alpha value is -0.440. The Bertz CT molecular complexity index is 351. The summed E-state index contributed by atoms with van der Waals surface area (Å²) in [5.41, 5.74) is 5.83. The van der Waals surface area contributed by atoms with E-state index in [1.165, 1.54) is 5.56 Å². The van der Waals surface area contributed by atoms with E-state index in [-0.39, 0.29) is 0 Å². The number of hydrazine groups is 1. The number of benzene rings is 1. The van der Waals surface area contributed by atoms with Crippen molar-refractivity contribution >= 4 is 28.9 Å². The molecular formula is C11H16Cl2N2. The standard InChI is InChI=1S/C11H16Cl2N2/c1-3-5-8-7(4-2)11(13)9(12)6-10(8)15-14/h6,15H,3-5,14H2,1-2H3. The molecule has 4 heteroatoms. The van der Waals surface area contributed by atoms with Crippen molar-refractivity contribution in [1.29, 1.82) is 0 Å². The second-order valence-corrected chi connectivity index (χ2v) is 4.21. The lowest BCUT2D eigenvalue weighted by Crippen LogP contribution is -2.11. The lowest BCUT2D eigenvalue weighted by atomic mass is 9.99. The van der Waals surface area contributed by atoms with Gasteiger partial charge in [-0.15, -0.1) is 0 Å². The average molecular weight is 247 g/mol. The van der Waals surface area contributed by atoms with Gasteiger partial charge in [0.25, 0.3) is 0 Å². The number of nitrogens with two attached hydrogens (primary N) is 1. The third kappa shape index (κ3) is 2.57. The number of nitrogen functional groups attached to an aromatic ring is 1. The van der Waals surface area contributed by atoms with Gasteiger partial charge < -0.3 is 5.43 Å². The van der Waals surface area contributed by atoms with Crippen molar-refractivity contribution < 1.29 is 0 Å². The van der Waals surface area contributed by atoms with Crippen LogP contribution in [0.5, 0.6) is 0 Å². The number of rotatable bonds is 4. The van der Waals surface area contributed by atoms with E-state index >= 15 is 0 Å². The van der Waals surface area contributed by atoms with Gasteiger partial charge in [-0.3, -0.25) is 5.84 Å². The molecule has 0 bridgehead atoms. The van der Waals surface area contributed by atoms with Gasteiger partial charge in [0.05, 0.1) is 15.7 Å². The summed E-state index contributed by atoms with van der Waals surface area (Å²) >= 11 is 12.2. The maximum absolute atomic E-state index is 6.16. The summed E-state index contributed by atoms with van der Waals surface area (Å²) in [6.07, 6.45) is 2.88. The number of halogens is 2. The highest BCUT2D eigenvalue weighted by atomic mass is 35.5. The van der Waals surface area contributed by atoms with Crippen LogP contribution in [0.4, 0.5) is 5.69 Å². The zero-order valence-corrected chi connectivity index (χ0v) is 10.5. The molecule has 0 aliphatic rings. The molecule has 0 saturated carbocycles. The van der Waals surface area contributed by atoms with Crippen molar-refractivity contribution in [1.82, 2.24) is 0 Å². The molecule has 2 nitrogen and oxygen atoms in total. The maximum Gasteiger partial charge on any atom is 0.0628 e. The first kappa shape index (κ1) is 12.6. The lowest BCUT2D eigenvalue weighted by Gasteiger charge is -2.15. The van der Waals surface area contributed by atoms with Crippen molar-refractivity contribution in [2.45, 2.75) is 33.1 Å². The SMILES string of the molecule is CCCc1c(NN)cc(Cl)c(Cl)c1CC. The first-order valence-electron chi connectivity index (χ1n) is 5.12. The van der Waals surface area contributed by atoms with Crippen molar-refractivity contribution in [3.05, 3.63) is 27.2 Å². The molecule has 0 unspecified atom stereocenters. The third-order valence-corrected chi connectivity index (χ3v) is 3.27. The topological polar surface area (TPSA) is 38.0 Å². The van der Waals surface area contributed by atoms with Crippen LogP contribution in [-0.2, 0) is 12.8 Å². The summed E-state index contributed by atoms with van der Waals surface area (Å²) < 4.78 is 0. The van der Waals surface area contributed by atoms with Crippen LogP contribution < -0.4 is 11.3 Å². The summed E-state index contributed by atoms with van der Waals surface area (Å²) in [6, 6.07) is 1.79. The molecule has 0 amide bonds. The smallest absolute Gasteiger partial charge is 0.0628 e. The Kier molecular flexibility index (Phi) is 4.71. The maximum atomic E-state index is 6.16. The van der Waals surface area contributed by atoms with Gasteiger partial charge in [0.1, 0.15) is 0 Å². The Morgan fingerprint density at radius 2 is 1.93 bits per heavy atom. The minimum Gasteiger partial charge on any atom is -0.324 e. The molecule has 1 rings (SSSR count). The van der Waals surface area contributed by atoms with E-state index in [9.17, 15) is 0 Å². The Labute approximate surface area is 101 Å². The Morgan fingerprint density at radius 3 is 2.40 bits per heavy atom. The third-order valence-electron chi connectivity index (χ3n) is 2.44. The predicted molar refractivity (Wildman–Crippen MR) is 67.6 cm³/mol. The van der Waals surface area contributed by atoms with E-state index in [0.717, 1.165) is 30.5 Å². The monoisotopic (exact) mass is 246 g/mol. The summed E-state index contributed by atoms with van der Waals surface area (Å²) in [5, 5.41) is 1.21. The average Bonchev–Trinajstić information content (AvgIpc) is 2.24. The molecule has 1 aromatic rings. The van der Waals surface area contributed by atoms with Crippen molar-refractivity contribution in [3.8, 4) is 0 Å². The fourth-order valence-corrected chi connectivity index (χ4v) is 2.27. The van der Waals surface area contributed by atoms with Gasteiger partial charge in [-0.2, -0.15) is 0 Å². The van der Waals surface area contributed by atoms with Crippen LogP contribution in [0, 0.1) is 0 Å². The van der Waals surface area contributed by atoms with E-state index in [4.69, 9.17) is 29.0 Å². The minimum atomic E-state index is 0.557. The van der Waals surface area contributed by atoms with Gasteiger partial charge in [0.2, 0.25) is 0 Å². The van der Waals surface area contributed by atoms with E-state index in [0.29, 0.717) is 10.0 Å². The summed E-state index contributed by atoms with van der Waals surface area (Å²) in [6.45, 7) is 4.19. The van der Waals surface area contributed by atoms with Crippen molar-refractivity contribution in [3.63, 3.8) is 0 Å². The van der Waals surface area contributed by atoms with Gasteiger partial charge >= 0.3 is 0 Å². The quantitative estimate of drug-likeness (QED) is 0.627. The van der Waals surface area contributed by atoms with Gasteiger partial charge in [0.15, 0.2) is 0 Å². The molecule has 0 aliphatic heterocycles. The van der Waals surface area contributed by atoms with Crippen LogP contribution in [0.3, 0.4) is 0 Å². The summed E-state index contributed by atoms with van der Waals surface area (Å²) in [7, 11) is 0. The zero-order chi connectivity index (χ0) is 11.4.